The van der Waals surface area contributed by atoms with Gasteiger partial charge in [0.1, 0.15) is 0 Å². The maximum atomic E-state index is 13.8. The molecule has 6 heteroatoms. The van der Waals surface area contributed by atoms with Gasteiger partial charge in [0.05, 0.1) is 11.3 Å². The van der Waals surface area contributed by atoms with Crippen LogP contribution in [0.1, 0.15) is 58.8 Å². The Labute approximate surface area is 186 Å². The highest BCUT2D eigenvalue weighted by Crippen LogP contribution is 2.39. The van der Waals surface area contributed by atoms with Crippen molar-refractivity contribution in [2.24, 2.45) is 23.3 Å². The number of nitrogens with zero attached hydrogens (tertiary/aromatic N) is 2. The fourth-order valence-corrected chi connectivity index (χ4v) is 6.06. The number of alkyl halides is 1. The standard InChI is InChI=1S/C24H39ClN4O/c1-15-11-22(16(2)28(15)14-17-3-5-19(25)6-4-17)24(30)29(20-7-8-20)21-9-10-23(27)18(12-21)13-26/h3-5,15-16,18-23H,6-14,26-27H2,1-2H3. The summed E-state index contributed by atoms with van der Waals surface area (Å²) in [4.78, 5) is 18.6. The molecule has 0 aromatic carbocycles. The van der Waals surface area contributed by atoms with Crippen LogP contribution in [0.3, 0.4) is 0 Å². The lowest BCUT2D eigenvalue weighted by Gasteiger charge is -2.41. The maximum absolute atomic E-state index is 13.8. The predicted octanol–water partition coefficient (Wildman–Crippen LogP) is 3.02. The molecule has 7 unspecified atom stereocenters. The van der Waals surface area contributed by atoms with Gasteiger partial charge in [-0.1, -0.05) is 18.2 Å². The van der Waals surface area contributed by atoms with Gasteiger partial charge in [0.2, 0.25) is 5.91 Å². The Morgan fingerprint density at radius 1 is 1.20 bits per heavy atom. The summed E-state index contributed by atoms with van der Waals surface area (Å²) in [6.45, 7) is 6.05. The van der Waals surface area contributed by atoms with Crippen molar-refractivity contribution in [2.45, 2.75) is 94.4 Å². The van der Waals surface area contributed by atoms with Crippen LogP contribution in [0.25, 0.3) is 0 Å². The molecule has 3 fully saturated rings. The second kappa shape index (κ2) is 9.32. The molecule has 1 heterocycles. The molecule has 0 aromatic rings. The van der Waals surface area contributed by atoms with Gasteiger partial charge in [-0.2, -0.15) is 0 Å². The Balaban J connectivity index is 1.44. The van der Waals surface area contributed by atoms with Crippen LogP contribution >= 0.6 is 11.6 Å². The summed E-state index contributed by atoms with van der Waals surface area (Å²) in [6.07, 6.45) is 13.6. The summed E-state index contributed by atoms with van der Waals surface area (Å²) in [5, 5.41) is 0.115. The molecule has 1 aliphatic heterocycles. The maximum Gasteiger partial charge on any atom is 0.227 e. The summed E-state index contributed by atoms with van der Waals surface area (Å²) < 4.78 is 0. The van der Waals surface area contributed by atoms with Crippen LogP contribution < -0.4 is 11.5 Å². The molecule has 0 bridgehead atoms. The van der Waals surface area contributed by atoms with Crippen molar-refractivity contribution < 1.29 is 4.79 Å². The lowest BCUT2D eigenvalue weighted by molar-refractivity contribution is -0.140. The number of hydrogen-bond acceptors (Lipinski definition) is 4. The molecule has 1 saturated heterocycles. The average Bonchev–Trinajstić information content (AvgIpc) is 3.52. The molecule has 0 aromatic heterocycles. The van der Waals surface area contributed by atoms with Gasteiger partial charge in [-0.05, 0) is 76.8 Å². The summed E-state index contributed by atoms with van der Waals surface area (Å²) in [5.41, 5.74) is 13.6. The van der Waals surface area contributed by atoms with E-state index in [0.29, 0.717) is 36.5 Å². The predicted molar refractivity (Wildman–Crippen MR) is 123 cm³/mol. The van der Waals surface area contributed by atoms with Gasteiger partial charge in [-0.25, -0.2) is 0 Å². The first kappa shape index (κ1) is 22.3. The number of amides is 1. The Morgan fingerprint density at radius 3 is 2.57 bits per heavy atom. The summed E-state index contributed by atoms with van der Waals surface area (Å²) in [5.74, 6) is 0.802. The molecule has 0 radical (unpaired) electrons. The largest absolute Gasteiger partial charge is 0.336 e. The molecule has 5 nitrogen and oxygen atoms in total. The first-order valence-corrected chi connectivity index (χ1v) is 12.4. The van der Waals surface area contributed by atoms with Crippen molar-refractivity contribution in [3.63, 3.8) is 0 Å². The smallest absolute Gasteiger partial charge is 0.227 e. The molecule has 0 spiro atoms. The van der Waals surface area contributed by atoms with Crippen molar-refractivity contribution in [1.29, 1.82) is 0 Å². The Bertz CT molecular complexity index is 691. The summed E-state index contributed by atoms with van der Waals surface area (Å²) >= 11 is 6.18. The zero-order valence-corrected chi connectivity index (χ0v) is 19.3. The molecule has 4 N–H and O–H groups in total. The van der Waals surface area contributed by atoms with Crippen LogP contribution in [-0.2, 0) is 4.79 Å². The van der Waals surface area contributed by atoms with Gasteiger partial charge in [0.15, 0.2) is 0 Å². The van der Waals surface area contributed by atoms with E-state index in [-0.39, 0.29) is 23.4 Å². The molecule has 7 atom stereocenters. The highest BCUT2D eigenvalue weighted by atomic mass is 35.5. The van der Waals surface area contributed by atoms with Crippen molar-refractivity contribution in [3.8, 4) is 0 Å². The van der Waals surface area contributed by atoms with Crippen molar-refractivity contribution >= 4 is 17.5 Å². The minimum atomic E-state index is 0.0847. The summed E-state index contributed by atoms with van der Waals surface area (Å²) in [6, 6.07) is 1.62. The van der Waals surface area contributed by atoms with Gasteiger partial charge >= 0.3 is 0 Å². The monoisotopic (exact) mass is 434 g/mol. The number of hydrogen-bond donors (Lipinski definition) is 2. The molecule has 2 saturated carbocycles. The second-order valence-corrected chi connectivity index (χ2v) is 10.7. The van der Waals surface area contributed by atoms with E-state index >= 15 is 0 Å². The number of nitrogens with two attached hydrogens (primary N) is 2. The molecule has 1 amide bonds. The van der Waals surface area contributed by atoms with Crippen molar-refractivity contribution in [3.05, 3.63) is 23.8 Å². The molecule has 30 heavy (non-hydrogen) atoms. The number of allylic oxidation sites excluding steroid dienone is 2. The summed E-state index contributed by atoms with van der Waals surface area (Å²) in [7, 11) is 0. The second-order valence-electron chi connectivity index (χ2n) is 10.1. The molecular formula is C24H39ClN4O. The van der Waals surface area contributed by atoms with E-state index in [1.807, 2.05) is 0 Å². The van der Waals surface area contributed by atoms with Gasteiger partial charge in [-0.15, -0.1) is 11.6 Å². The Morgan fingerprint density at radius 2 is 1.93 bits per heavy atom. The van der Waals surface area contributed by atoms with Crippen LogP contribution in [-0.4, -0.2) is 64.4 Å². The van der Waals surface area contributed by atoms with E-state index in [0.717, 1.165) is 51.5 Å². The number of carbonyl (C=O) groups excluding carboxylic acids is 1. The fourth-order valence-electron chi connectivity index (χ4n) is 5.89. The highest BCUT2D eigenvalue weighted by molar-refractivity contribution is 6.22. The van der Waals surface area contributed by atoms with Gasteiger partial charge < -0.3 is 16.4 Å². The SMILES string of the molecule is CC1CC(C(=O)N(C2CC2)C2CCC(N)C(CN)C2)C(C)N1CC1=CCC(Cl)C=C1. The fraction of sp³-hybridized carbons (Fsp3) is 0.792. The van der Waals surface area contributed by atoms with E-state index in [4.69, 9.17) is 23.1 Å². The molecule has 3 aliphatic carbocycles. The Hall–Kier alpha value is -0.880. The van der Waals surface area contributed by atoms with Crippen molar-refractivity contribution in [2.75, 3.05) is 13.1 Å². The van der Waals surface area contributed by atoms with Crippen LogP contribution in [0.15, 0.2) is 23.8 Å². The van der Waals surface area contributed by atoms with Crippen LogP contribution in [0, 0.1) is 11.8 Å². The number of halogens is 1. The Kier molecular flexibility index (Phi) is 6.93. The number of likely N-dealkylation sites (tertiary alicyclic amines) is 1. The first-order chi connectivity index (χ1) is 14.4. The van der Waals surface area contributed by atoms with Crippen molar-refractivity contribution in [1.82, 2.24) is 9.80 Å². The zero-order valence-electron chi connectivity index (χ0n) is 18.6. The average molecular weight is 435 g/mol. The number of rotatable bonds is 6. The van der Waals surface area contributed by atoms with E-state index in [1.54, 1.807) is 0 Å². The minimum Gasteiger partial charge on any atom is -0.336 e. The lowest BCUT2D eigenvalue weighted by atomic mass is 9.80. The zero-order chi connectivity index (χ0) is 21.4. The van der Waals surface area contributed by atoms with Gasteiger partial charge in [0.25, 0.3) is 0 Å². The van der Waals surface area contributed by atoms with E-state index < -0.39 is 0 Å². The van der Waals surface area contributed by atoms with Crippen LogP contribution in [0.2, 0.25) is 0 Å². The first-order valence-electron chi connectivity index (χ1n) is 11.9. The van der Waals surface area contributed by atoms with Crippen LogP contribution in [0.5, 0.6) is 0 Å². The third-order valence-electron chi connectivity index (χ3n) is 7.98. The van der Waals surface area contributed by atoms with Gasteiger partial charge in [-0.3, -0.25) is 9.69 Å². The number of carbonyl (C=O) groups is 1. The lowest BCUT2D eigenvalue weighted by Crippen LogP contribution is -2.52. The normalized spacial score (nSPS) is 39.8. The molecule has 4 rings (SSSR count). The van der Waals surface area contributed by atoms with E-state index in [1.165, 1.54) is 5.57 Å². The van der Waals surface area contributed by atoms with E-state index in [9.17, 15) is 4.79 Å². The third kappa shape index (κ3) is 4.64. The molecule has 4 aliphatic rings. The third-order valence-corrected chi connectivity index (χ3v) is 8.30. The molecular weight excluding hydrogens is 396 g/mol. The van der Waals surface area contributed by atoms with Gasteiger partial charge in [0, 0.05) is 36.8 Å². The highest BCUT2D eigenvalue weighted by Gasteiger charge is 2.47. The van der Waals surface area contributed by atoms with Crippen LogP contribution in [0.4, 0.5) is 0 Å². The topological polar surface area (TPSA) is 75.6 Å². The minimum absolute atomic E-state index is 0.0847. The van der Waals surface area contributed by atoms with E-state index in [2.05, 4.69) is 41.9 Å². The molecule has 168 valence electrons. The quantitative estimate of drug-likeness (QED) is 0.630.